The molecule has 0 aliphatic rings. The quantitative estimate of drug-likeness (QED) is 0.520. The maximum atomic E-state index is 10.4. The number of rotatable bonds is 0. The van der Waals surface area contributed by atoms with Crippen LogP contribution >= 0.6 is 0 Å². The number of carbonyl (C=O) groups is 1. The molecule has 0 aromatic heterocycles. The molecule has 0 radical (unpaired) electrons. The molecule has 2 heteroatoms. The van der Waals surface area contributed by atoms with Crippen LogP contribution in [0, 0.1) is 11.8 Å². The number of Topliss-reactive ketones (excluding diaryl/α,β-unsaturated/α-hetero) is 1. The highest BCUT2D eigenvalue weighted by Crippen LogP contribution is 1.94. The minimum atomic E-state index is -0.103. The van der Waals surface area contributed by atoms with Crippen LogP contribution in [-0.2, 0) is 4.79 Å². The van der Waals surface area contributed by atoms with Crippen LogP contribution < -0.4 is 0 Å². The molecule has 0 heterocycles. The van der Waals surface area contributed by atoms with Gasteiger partial charge in [0, 0.05) is 12.5 Å². The smallest absolute Gasteiger partial charge is 0.202 e. The zero-order valence-corrected chi connectivity index (χ0v) is 6.79. The van der Waals surface area contributed by atoms with Crippen molar-refractivity contribution >= 4 is 5.78 Å². The van der Waals surface area contributed by atoms with E-state index in [1.165, 1.54) is 6.92 Å². The van der Waals surface area contributed by atoms with E-state index in [-0.39, 0.29) is 11.3 Å². The number of hydrogen-bond acceptors (Lipinski definition) is 1. The fourth-order valence-corrected chi connectivity index (χ4v) is 0.682. The van der Waals surface area contributed by atoms with Crippen molar-refractivity contribution in [2.24, 2.45) is 0 Å². The Morgan fingerprint density at radius 1 is 1.25 bits per heavy atom. The average Bonchev–Trinajstić information content (AvgIpc) is 2.03. The van der Waals surface area contributed by atoms with Crippen LogP contribution in [0.3, 0.4) is 0 Å². The van der Waals surface area contributed by atoms with Gasteiger partial charge in [0.15, 0.2) is 0 Å². The molecule has 0 aliphatic heterocycles. The largest absolute Gasteiger partial charge is 0.412 e. The van der Waals surface area contributed by atoms with Crippen LogP contribution in [0.2, 0.25) is 0 Å². The standard InChI is InChI=1S/C10H8O.H2O/c1-9(11)7-8-10-5-3-2-4-6-10;/h2-6H,1H3;1H2. The summed E-state index contributed by atoms with van der Waals surface area (Å²) in [6.45, 7) is 1.45. The average molecular weight is 162 g/mol. The van der Waals surface area contributed by atoms with Crippen LogP contribution in [0.25, 0.3) is 0 Å². The fourth-order valence-electron chi connectivity index (χ4n) is 0.682. The number of ketones is 1. The Bertz CT molecular complexity index is 304. The highest BCUT2D eigenvalue weighted by atomic mass is 16.1. The predicted octanol–water partition coefficient (Wildman–Crippen LogP) is 0.802. The lowest BCUT2D eigenvalue weighted by Crippen LogP contribution is -1.80. The molecule has 0 aliphatic carbocycles. The number of carbonyl (C=O) groups excluding carboxylic acids is 1. The van der Waals surface area contributed by atoms with Gasteiger partial charge >= 0.3 is 0 Å². The van der Waals surface area contributed by atoms with Crippen molar-refractivity contribution in [3.05, 3.63) is 35.9 Å². The van der Waals surface area contributed by atoms with Gasteiger partial charge in [0.1, 0.15) is 0 Å². The zero-order valence-electron chi connectivity index (χ0n) is 6.79. The zero-order chi connectivity index (χ0) is 8.10. The molecule has 1 aromatic carbocycles. The molecule has 2 N–H and O–H groups in total. The fraction of sp³-hybridized carbons (Fsp3) is 0.100. The Hall–Kier alpha value is -1.59. The summed E-state index contributed by atoms with van der Waals surface area (Å²) >= 11 is 0. The van der Waals surface area contributed by atoms with Gasteiger partial charge in [-0.1, -0.05) is 24.1 Å². The van der Waals surface area contributed by atoms with E-state index in [9.17, 15) is 4.79 Å². The third-order valence-electron chi connectivity index (χ3n) is 1.16. The molecule has 0 saturated carbocycles. The first-order valence-electron chi connectivity index (χ1n) is 3.36. The highest BCUT2D eigenvalue weighted by molar-refractivity contribution is 5.93. The van der Waals surface area contributed by atoms with Crippen LogP contribution in [0.4, 0.5) is 0 Å². The summed E-state index contributed by atoms with van der Waals surface area (Å²) in [6, 6.07) is 9.44. The second-order valence-corrected chi connectivity index (χ2v) is 2.17. The summed E-state index contributed by atoms with van der Waals surface area (Å²) in [5.41, 5.74) is 0.878. The maximum absolute atomic E-state index is 10.4. The van der Waals surface area contributed by atoms with E-state index in [4.69, 9.17) is 0 Å². The predicted molar refractivity (Wildman–Crippen MR) is 47.6 cm³/mol. The molecule has 0 amide bonds. The van der Waals surface area contributed by atoms with Crippen molar-refractivity contribution in [1.29, 1.82) is 0 Å². The van der Waals surface area contributed by atoms with Crippen LogP contribution in [0.15, 0.2) is 30.3 Å². The Labute approximate surface area is 71.5 Å². The van der Waals surface area contributed by atoms with Crippen molar-refractivity contribution in [2.45, 2.75) is 6.92 Å². The second-order valence-electron chi connectivity index (χ2n) is 2.17. The normalized spacial score (nSPS) is 7.42. The molecule has 0 spiro atoms. The monoisotopic (exact) mass is 162 g/mol. The molecular formula is C10H10O2. The molecule has 0 bridgehead atoms. The molecule has 1 aromatic rings. The first kappa shape index (κ1) is 10.4. The van der Waals surface area contributed by atoms with E-state index < -0.39 is 0 Å². The lowest BCUT2D eigenvalue weighted by molar-refractivity contribution is -0.111. The van der Waals surface area contributed by atoms with Gasteiger partial charge in [-0.25, -0.2) is 0 Å². The molecule has 62 valence electrons. The van der Waals surface area contributed by atoms with Crippen molar-refractivity contribution in [3.63, 3.8) is 0 Å². The molecule has 0 unspecified atom stereocenters. The van der Waals surface area contributed by atoms with E-state index >= 15 is 0 Å². The minimum Gasteiger partial charge on any atom is -0.412 e. The van der Waals surface area contributed by atoms with Crippen molar-refractivity contribution in [2.75, 3.05) is 0 Å². The summed E-state index contributed by atoms with van der Waals surface area (Å²) in [6.07, 6.45) is 0. The first-order valence-corrected chi connectivity index (χ1v) is 3.36. The third-order valence-corrected chi connectivity index (χ3v) is 1.16. The summed E-state index contributed by atoms with van der Waals surface area (Å²) in [7, 11) is 0. The maximum Gasteiger partial charge on any atom is 0.202 e. The molecule has 12 heavy (non-hydrogen) atoms. The molecule has 2 nitrogen and oxygen atoms in total. The minimum absolute atomic E-state index is 0. The van der Waals surface area contributed by atoms with Crippen molar-refractivity contribution in [3.8, 4) is 11.8 Å². The van der Waals surface area contributed by atoms with E-state index in [0.29, 0.717) is 0 Å². The van der Waals surface area contributed by atoms with Gasteiger partial charge in [-0.2, -0.15) is 0 Å². The molecule has 0 saturated heterocycles. The van der Waals surface area contributed by atoms with Gasteiger partial charge < -0.3 is 5.48 Å². The van der Waals surface area contributed by atoms with Gasteiger partial charge in [0.2, 0.25) is 5.78 Å². The SMILES string of the molecule is CC(=O)C#Cc1ccccc1.O. The Kier molecular flexibility index (Phi) is 4.43. The summed E-state index contributed by atoms with van der Waals surface area (Å²) in [4.78, 5) is 10.4. The van der Waals surface area contributed by atoms with Crippen molar-refractivity contribution in [1.82, 2.24) is 0 Å². The lowest BCUT2D eigenvalue weighted by Gasteiger charge is -1.84. The van der Waals surface area contributed by atoms with E-state index in [1.54, 1.807) is 0 Å². The number of hydrogen-bond donors (Lipinski definition) is 0. The van der Waals surface area contributed by atoms with Gasteiger partial charge in [-0.3, -0.25) is 4.79 Å². The first-order chi connectivity index (χ1) is 5.29. The topological polar surface area (TPSA) is 48.6 Å². The summed E-state index contributed by atoms with van der Waals surface area (Å²) in [5, 5.41) is 0. The number of benzene rings is 1. The van der Waals surface area contributed by atoms with E-state index in [1.807, 2.05) is 30.3 Å². The third kappa shape index (κ3) is 3.55. The Morgan fingerprint density at radius 2 is 1.83 bits per heavy atom. The second kappa shape index (κ2) is 5.11. The molecule has 0 atom stereocenters. The molecule has 1 rings (SSSR count). The summed E-state index contributed by atoms with van der Waals surface area (Å²) in [5.74, 6) is 5.11. The van der Waals surface area contributed by atoms with Gasteiger partial charge in [-0.15, -0.1) is 0 Å². The van der Waals surface area contributed by atoms with Gasteiger partial charge in [-0.05, 0) is 18.1 Å². The van der Waals surface area contributed by atoms with Crippen LogP contribution in [-0.4, -0.2) is 11.3 Å². The Balaban J connectivity index is 0.00000121. The van der Waals surface area contributed by atoms with Crippen LogP contribution in [0.5, 0.6) is 0 Å². The van der Waals surface area contributed by atoms with E-state index in [0.717, 1.165) is 5.56 Å². The van der Waals surface area contributed by atoms with Crippen LogP contribution in [0.1, 0.15) is 12.5 Å². The lowest BCUT2D eigenvalue weighted by atomic mass is 10.2. The van der Waals surface area contributed by atoms with E-state index in [2.05, 4.69) is 11.8 Å². The highest BCUT2D eigenvalue weighted by Gasteiger charge is 1.82. The Morgan fingerprint density at radius 3 is 2.33 bits per heavy atom. The molecule has 0 fully saturated rings. The molecular weight excluding hydrogens is 152 g/mol. The summed E-state index contributed by atoms with van der Waals surface area (Å²) < 4.78 is 0. The van der Waals surface area contributed by atoms with Gasteiger partial charge in [0.25, 0.3) is 0 Å². The van der Waals surface area contributed by atoms with Gasteiger partial charge in [0.05, 0.1) is 0 Å². The van der Waals surface area contributed by atoms with Crippen molar-refractivity contribution < 1.29 is 10.3 Å².